The van der Waals surface area contributed by atoms with Crippen molar-refractivity contribution < 1.29 is 9.53 Å². The molecule has 2 N–H and O–H groups in total. The normalized spacial score (nSPS) is 10.6. The van der Waals surface area contributed by atoms with Gasteiger partial charge in [0.15, 0.2) is 0 Å². The van der Waals surface area contributed by atoms with Crippen molar-refractivity contribution in [3.05, 3.63) is 45.7 Å². The van der Waals surface area contributed by atoms with Crippen molar-refractivity contribution in [2.75, 3.05) is 5.73 Å². The summed E-state index contributed by atoms with van der Waals surface area (Å²) < 4.78 is 6.81. The number of anilines is 1. The van der Waals surface area contributed by atoms with Crippen molar-refractivity contribution in [3.63, 3.8) is 0 Å². The number of nitrogens with two attached hydrogens (primary N) is 1. The molecule has 0 aliphatic heterocycles. The summed E-state index contributed by atoms with van der Waals surface area (Å²) in [5.41, 5.74) is 8.93. The summed E-state index contributed by atoms with van der Waals surface area (Å²) in [6, 6.07) is 5.23. The standard InChI is InChI=1S/C14H16ClN3O2/c1-8-4-5-12(16)10(6-8)14(19)20-7-11-9(2)17-18(3)13(11)15/h4-6H,7,16H2,1-3H3. The third-order valence-corrected chi connectivity index (χ3v) is 3.52. The molecule has 0 saturated heterocycles. The quantitative estimate of drug-likeness (QED) is 0.697. The molecule has 0 atom stereocenters. The van der Waals surface area contributed by atoms with Crippen LogP contribution in [0.15, 0.2) is 18.2 Å². The fraction of sp³-hybridized carbons (Fsp3) is 0.286. The van der Waals surface area contributed by atoms with Gasteiger partial charge in [0.05, 0.1) is 11.3 Å². The van der Waals surface area contributed by atoms with Gasteiger partial charge in [0, 0.05) is 18.3 Å². The molecule has 0 fully saturated rings. The molecular weight excluding hydrogens is 278 g/mol. The topological polar surface area (TPSA) is 70.1 Å². The molecule has 6 heteroatoms. The molecule has 1 aromatic carbocycles. The van der Waals surface area contributed by atoms with Gasteiger partial charge < -0.3 is 10.5 Å². The number of rotatable bonds is 3. The van der Waals surface area contributed by atoms with E-state index in [0.717, 1.165) is 11.3 Å². The zero-order valence-corrected chi connectivity index (χ0v) is 12.4. The first kappa shape index (κ1) is 14.4. The second kappa shape index (κ2) is 5.54. The minimum atomic E-state index is -0.467. The average Bonchev–Trinajstić information content (AvgIpc) is 2.64. The van der Waals surface area contributed by atoms with Crippen LogP contribution < -0.4 is 5.73 Å². The molecule has 1 aromatic heterocycles. The van der Waals surface area contributed by atoms with Gasteiger partial charge in [-0.1, -0.05) is 23.2 Å². The van der Waals surface area contributed by atoms with Gasteiger partial charge in [-0.25, -0.2) is 4.79 Å². The van der Waals surface area contributed by atoms with Crippen LogP contribution in [0.1, 0.15) is 27.2 Å². The van der Waals surface area contributed by atoms with E-state index in [-0.39, 0.29) is 6.61 Å². The van der Waals surface area contributed by atoms with Gasteiger partial charge in [-0.3, -0.25) is 4.68 Å². The second-order valence-electron chi connectivity index (χ2n) is 4.65. The number of hydrogen-bond donors (Lipinski definition) is 1. The fourth-order valence-electron chi connectivity index (χ4n) is 1.90. The van der Waals surface area contributed by atoms with Crippen LogP contribution in [0.3, 0.4) is 0 Å². The highest BCUT2D eigenvalue weighted by atomic mass is 35.5. The predicted octanol–water partition coefficient (Wildman–Crippen LogP) is 2.63. The van der Waals surface area contributed by atoms with Crippen LogP contribution >= 0.6 is 11.6 Å². The van der Waals surface area contributed by atoms with E-state index >= 15 is 0 Å². The Morgan fingerprint density at radius 3 is 2.75 bits per heavy atom. The second-order valence-corrected chi connectivity index (χ2v) is 5.00. The maximum atomic E-state index is 12.0. The van der Waals surface area contributed by atoms with E-state index in [1.54, 1.807) is 23.9 Å². The first-order valence-electron chi connectivity index (χ1n) is 6.11. The maximum absolute atomic E-state index is 12.0. The van der Waals surface area contributed by atoms with E-state index in [0.29, 0.717) is 22.0 Å². The van der Waals surface area contributed by atoms with E-state index in [9.17, 15) is 4.79 Å². The lowest BCUT2D eigenvalue weighted by Crippen LogP contribution is -2.09. The van der Waals surface area contributed by atoms with Crippen molar-refractivity contribution in [1.82, 2.24) is 9.78 Å². The first-order chi connectivity index (χ1) is 9.40. The molecule has 0 aliphatic carbocycles. The van der Waals surface area contributed by atoms with Crippen LogP contribution in [0, 0.1) is 13.8 Å². The molecule has 0 amide bonds. The molecule has 1 heterocycles. The van der Waals surface area contributed by atoms with Gasteiger partial charge in [-0.15, -0.1) is 0 Å². The number of hydrogen-bond acceptors (Lipinski definition) is 4. The van der Waals surface area contributed by atoms with Gasteiger partial charge in [-0.2, -0.15) is 5.10 Å². The Balaban J connectivity index is 2.15. The number of esters is 1. The van der Waals surface area contributed by atoms with Gasteiger partial charge in [0.2, 0.25) is 0 Å². The van der Waals surface area contributed by atoms with Crippen molar-refractivity contribution in [1.29, 1.82) is 0 Å². The Bertz CT molecular complexity index is 665. The van der Waals surface area contributed by atoms with E-state index in [2.05, 4.69) is 5.10 Å². The summed E-state index contributed by atoms with van der Waals surface area (Å²) in [6.45, 7) is 3.78. The third-order valence-electron chi connectivity index (χ3n) is 3.05. The molecule has 2 aromatic rings. The monoisotopic (exact) mass is 293 g/mol. The van der Waals surface area contributed by atoms with Gasteiger partial charge in [0.1, 0.15) is 11.8 Å². The summed E-state index contributed by atoms with van der Waals surface area (Å²) >= 11 is 6.08. The molecule has 106 valence electrons. The molecule has 0 radical (unpaired) electrons. The number of nitrogens with zero attached hydrogens (tertiary/aromatic N) is 2. The molecule has 2 rings (SSSR count). The van der Waals surface area contributed by atoms with Gasteiger partial charge >= 0.3 is 5.97 Å². The van der Waals surface area contributed by atoms with E-state index in [4.69, 9.17) is 22.1 Å². The van der Waals surface area contributed by atoms with Crippen LogP contribution in [-0.2, 0) is 18.4 Å². The summed E-state index contributed by atoms with van der Waals surface area (Å²) in [7, 11) is 1.74. The fourth-order valence-corrected chi connectivity index (χ4v) is 2.13. The maximum Gasteiger partial charge on any atom is 0.340 e. The van der Waals surface area contributed by atoms with Crippen molar-refractivity contribution in [2.24, 2.45) is 7.05 Å². The summed E-state index contributed by atoms with van der Waals surface area (Å²) in [5, 5.41) is 4.63. The Morgan fingerprint density at radius 1 is 1.45 bits per heavy atom. The number of carbonyl (C=O) groups is 1. The van der Waals surface area contributed by atoms with Gasteiger partial charge in [0.25, 0.3) is 0 Å². The molecule has 20 heavy (non-hydrogen) atoms. The predicted molar refractivity (Wildman–Crippen MR) is 77.7 cm³/mol. The summed E-state index contributed by atoms with van der Waals surface area (Å²) in [5.74, 6) is -0.467. The molecule has 0 aliphatic rings. The SMILES string of the molecule is Cc1ccc(N)c(C(=O)OCc2c(C)nn(C)c2Cl)c1. The lowest BCUT2D eigenvalue weighted by molar-refractivity contribution is 0.0473. The third kappa shape index (κ3) is 2.77. The van der Waals surface area contributed by atoms with Crippen molar-refractivity contribution in [2.45, 2.75) is 20.5 Å². The van der Waals surface area contributed by atoms with E-state index in [1.807, 2.05) is 19.9 Å². The molecule has 0 saturated carbocycles. The number of ether oxygens (including phenoxy) is 1. The molecule has 0 unspecified atom stereocenters. The number of aryl methyl sites for hydroxylation is 3. The first-order valence-corrected chi connectivity index (χ1v) is 6.49. The lowest BCUT2D eigenvalue weighted by Gasteiger charge is -2.08. The highest BCUT2D eigenvalue weighted by Crippen LogP contribution is 2.21. The smallest absolute Gasteiger partial charge is 0.340 e. The molecule has 5 nitrogen and oxygen atoms in total. The highest BCUT2D eigenvalue weighted by Gasteiger charge is 2.16. The van der Waals surface area contributed by atoms with Gasteiger partial charge in [-0.05, 0) is 26.0 Å². The van der Waals surface area contributed by atoms with Crippen LogP contribution in [0.5, 0.6) is 0 Å². The zero-order chi connectivity index (χ0) is 14.9. The minimum Gasteiger partial charge on any atom is -0.457 e. The van der Waals surface area contributed by atoms with Crippen LogP contribution in [0.4, 0.5) is 5.69 Å². The van der Waals surface area contributed by atoms with Crippen molar-refractivity contribution in [3.8, 4) is 0 Å². The largest absolute Gasteiger partial charge is 0.457 e. The van der Waals surface area contributed by atoms with Crippen LogP contribution in [0.2, 0.25) is 5.15 Å². The van der Waals surface area contributed by atoms with E-state index < -0.39 is 5.97 Å². The van der Waals surface area contributed by atoms with Crippen LogP contribution in [0.25, 0.3) is 0 Å². The Morgan fingerprint density at radius 2 is 2.15 bits per heavy atom. The highest BCUT2D eigenvalue weighted by molar-refractivity contribution is 6.30. The Kier molecular flexibility index (Phi) is 3.99. The lowest BCUT2D eigenvalue weighted by atomic mass is 10.1. The Labute approximate surface area is 122 Å². The van der Waals surface area contributed by atoms with Crippen molar-refractivity contribution >= 4 is 23.3 Å². The number of benzene rings is 1. The molecule has 0 bridgehead atoms. The average molecular weight is 294 g/mol. The van der Waals surface area contributed by atoms with E-state index in [1.165, 1.54) is 0 Å². The number of nitrogen functional groups attached to an aromatic ring is 1. The summed E-state index contributed by atoms with van der Waals surface area (Å²) in [4.78, 5) is 12.0. The number of halogens is 1. The zero-order valence-electron chi connectivity index (χ0n) is 11.6. The number of aromatic nitrogens is 2. The number of carbonyl (C=O) groups excluding carboxylic acids is 1. The summed E-state index contributed by atoms with van der Waals surface area (Å²) in [6.07, 6.45) is 0. The minimum absolute atomic E-state index is 0.0741. The molecular formula is C14H16ClN3O2. The molecule has 0 spiro atoms. The van der Waals surface area contributed by atoms with Crippen LogP contribution in [-0.4, -0.2) is 15.7 Å². The Hall–Kier alpha value is -2.01.